The lowest BCUT2D eigenvalue weighted by molar-refractivity contribution is -0.137. The minimum Gasteiger partial charge on any atom is -0.338 e. The van der Waals surface area contributed by atoms with Crippen LogP contribution in [0, 0.1) is 17.2 Å². The fraction of sp³-hybridized carbons (Fsp3) is 0.500. The second-order valence-corrected chi connectivity index (χ2v) is 5.69. The van der Waals surface area contributed by atoms with E-state index in [1.807, 2.05) is 6.92 Å². The molecule has 1 aromatic carbocycles. The van der Waals surface area contributed by atoms with Gasteiger partial charge in [0.05, 0.1) is 11.6 Å². The van der Waals surface area contributed by atoms with Crippen LogP contribution in [0.1, 0.15) is 37.3 Å². The Morgan fingerprint density at radius 3 is 2.36 bits per heavy atom. The van der Waals surface area contributed by atoms with Gasteiger partial charge in [0.2, 0.25) is 5.91 Å². The Balaban J connectivity index is 2.01. The van der Waals surface area contributed by atoms with Crippen molar-refractivity contribution in [3.05, 3.63) is 35.4 Å². The fourth-order valence-corrected chi connectivity index (χ4v) is 2.26. The van der Waals surface area contributed by atoms with Crippen molar-refractivity contribution < 1.29 is 18.0 Å². The van der Waals surface area contributed by atoms with Crippen LogP contribution >= 0.6 is 0 Å². The Kier molecular flexibility index (Phi) is 4.45. The molecule has 1 aromatic rings. The van der Waals surface area contributed by atoms with Gasteiger partial charge >= 0.3 is 6.18 Å². The van der Waals surface area contributed by atoms with Crippen molar-refractivity contribution in [1.82, 2.24) is 5.32 Å². The second kappa shape index (κ2) is 5.99. The van der Waals surface area contributed by atoms with Crippen LogP contribution in [0.2, 0.25) is 0 Å². The quantitative estimate of drug-likeness (QED) is 0.905. The normalized spacial score (nSPS) is 17.4. The van der Waals surface area contributed by atoms with Crippen molar-refractivity contribution >= 4 is 5.91 Å². The molecule has 1 aliphatic rings. The zero-order chi connectivity index (χ0) is 16.4. The number of nitriles is 1. The first-order valence-electron chi connectivity index (χ1n) is 7.19. The fourth-order valence-electron chi connectivity index (χ4n) is 2.26. The largest absolute Gasteiger partial charge is 0.416 e. The molecule has 0 aliphatic heterocycles. The number of rotatable bonds is 5. The number of carbonyl (C=O) groups excluding carboxylic acids is 1. The molecule has 0 bridgehead atoms. The molecule has 1 atom stereocenters. The first-order valence-corrected chi connectivity index (χ1v) is 7.19. The molecular formula is C16H17F3N2O. The van der Waals surface area contributed by atoms with Crippen molar-refractivity contribution in [3.8, 4) is 6.07 Å². The minimum absolute atomic E-state index is 0.207. The van der Waals surface area contributed by atoms with Gasteiger partial charge in [0, 0.05) is 5.92 Å². The van der Waals surface area contributed by atoms with Gasteiger partial charge in [-0.25, -0.2) is 0 Å². The van der Waals surface area contributed by atoms with Gasteiger partial charge in [0.15, 0.2) is 0 Å². The summed E-state index contributed by atoms with van der Waals surface area (Å²) in [6, 6.07) is 6.94. The van der Waals surface area contributed by atoms with Crippen molar-refractivity contribution in [1.29, 1.82) is 5.26 Å². The molecule has 0 radical (unpaired) electrons. The lowest BCUT2D eigenvalue weighted by Crippen LogP contribution is -2.40. The highest BCUT2D eigenvalue weighted by atomic mass is 19.4. The van der Waals surface area contributed by atoms with Crippen LogP contribution in [0.3, 0.4) is 0 Å². The molecule has 1 fully saturated rings. The lowest BCUT2D eigenvalue weighted by Gasteiger charge is -2.17. The zero-order valence-electron chi connectivity index (χ0n) is 12.2. The number of hydrogen-bond donors (Lipinski definition) is 1. The number of amides is 1. The van der Waals surface area contributed by atoms with Gasteiger partial charge in [-0.15, -0.1) is 0 Å². The van der Waals surface area contributed by atoms with Crippen molar-refractivity contribution in [2.24, 2.45) is 5.92 Å². The molecule has 1 saturated carbocycles. The zero-order valence-corrected chi connectivity index (χ0v) is 12.2. The number of hydrogen-bond acceptors (Lipinski definition) is 2. The molecule has 3 nitrogen and oxygen atoms in total. The lowest BCUT2D eigenvalue weighted by atomic mass is 9.95. The highest BCUT2D eigenvalue weighted by molar-refractivity contribution is 5.80. The summed E-state index contributed by atoms with van der Waals surface area (Å²) in [6.45, 7) is 1.85. The first kappa shape index (κ1) is 16.3. The smallest absolute Gasteiger partial charge is 0.338 e. The maximum absolute atomic E-state index is 12.5. The molecule has 22 heavy (non-hydrogen) atoms. The molecule has 0 saturated heterocycles. The van der Waals surface area contributed by atoms with Crippen LogP contribution in [0.5, 0.6) is 0 Å². The van der Waals surface area contributed by atoms with Crippen LogP contribution in [0.4, 0.5) is 13.2 Å². The monoisotopic (exact) mass is 310 g/mol. The SMILES string of the molecule is CC[C@@H](Cc1ccc(C(F)(F)F)cc1)C(=O)NC1(C#N)CC1. The Morgan fingerprint density at radius 1 is 1.36 bits per heavy atom. The summed E-state index contributed by atoms with van der Waals surface area (Å²) in [4.78, 5) is 12.2. The van der Waals surface area contributed by atoms with Crippen LogP contribution in [0.25, 0.3) is 0 Å². The van der Waals surface area contributed by atoms with Crippen LogP contribution in [-0.2, 0) is 17.4 Å². The van der Waals surface area contributed by atoms with Gasteiger partial charge in [0.25, 0.3) is 0 Å². The average molecular weight is 310 g/mol. The van der Waals surface area contributed by atoms with E-state index in [9.17, 15) is 18.0 Å². The highest BCUT2D eigenvalue weighted by Crippen LogP contribution is 2.35. The van der Waals surface area contributed by atoms with E-state index < -0.39 is 17.3 Å². The number of carbonyl (C=O) groups is 1. The molecule has 0 heterocycles. The third-order valence-corrected chi connectivity index (χ3v) is 3.95. The Bertz CT molecular complexity index is 583. The maximum atomic E-state index is 12.5. The molecule has 2 rings (SSSR count). The molecule has 1 N–H and O–H groups in total. The third-order valence-electron chi connectivity index (χ3n) is 3.95. The van der Waals surface area contributed by atoms with Crippen molar-refractivity contribution in [2.45, 2.75) is 44.3 Å². The number of halogens is 3. The van der Waals surface area contributed by atoms with Crippen molar-refractivity contribution in [3.63, 3.8) is 0 Å². The van der Waals surface area contributed by atoms with Gasteiger partial charge in [0.1, 0.15) is 5.54 Å². The van der Waals surface area contributed by atoms with Gasteiger partial charge in [-0.3, -0.25) is 4.79 Å². The molecule has 1 aliphatic carbocycles. The van der Waals surface area contributed by atoms with Crippen LogP contribution in [-0.4, -0.2) is 11.4 Å². The summed E-state index contributed by atoms with van der Waals surface area (Å²) in [7, 11) is 0. The van der Waals surface area contributed by atoms with E-state index in [0.717, 1.165) is 12.1 Å². The van der Waals surface area contributed by atoms with Gasteiger partial charge in [-0.05, 0) is 43.4 Å². The van der Waals surface area contributed by atoms with E-state index in [2.05, 4.69) is 11.4 Å². The van der Waals surface area contributed by atoms with Crippen LogP contribution < -0.4 is 5.32 Å². The van der Waals surface area contributed by atoms with E-state index in [4.69, 9.17) is 5.26 Å². The number of alkyl halides is 3. The Hall–Kier alpha value is -2.03. The topological polar surface area (TPSA) is 52.9 Å². The summed E-state index contributed by atoms with van der Waals surface area (Å²) >= 11 is 0. The van der Waals surface area contributed by atoms with Gasteiger partial charge in [-0.2, -0.15) is 18.4 Å². The molecular weight excluding hydrogens is 293 g/mol. The molecule has 118 valence electrons. The summed E-state index contributed by atoms with van der Waals surface area (Å²) in [5.74, 6) is -0.552. The summed E-state index contributed by atoms with van der Waals surface area (Å²) < 4.78 is 37.5. The number of nitrogens with zero attached hydrogens (tertiary/aromatic N) is 1. The van der Waals surface area contributed by atoms with E-state index in [0.29, 0.717) is 31.2 Å². The predicted octanol–water partition coefficient (Wildman–Crippen LogP) is 3.45. The van der Waals surface area contributed by atoms with E-state index >= 15 is 0 Å². The molecule has 6 heteroatoms. The third kappa shape index (κ3) is 3.79. The highest BCUT2D eigenvalue weighted by Gasteiger charge is 2.45. The van der Waals surface area contributed by atoms with Gasteiger partial charge in [-0.1, -0.05) is 19.1 Å². The summed E-state index contributed by atoms with van der Waals surface area (Å²) in [5, 5.41) is 11.7. The van der Waals surface area contributed by atoms with Crippen LogP contribution in [0.15, 0.2) is 24.3 Å². The maximum Gasteiger partial charge on any atom is 0.416 e. The van der Waals surface area contributed by atoms with Crippen molar-refractivity contribution in [2.75, 3.05) is 0 Å². The average Bonchev–Trinajstić information content (AvgIpc) is 3.24. The molecule has 0 spiro atoms. The standard InChI is InChI=1S/C16H17F3N2O/c1-2-12(14(22)21-15(10-20)7-8-15)9-11-3-5-13(6-4-11)16(17,18)19/h3-6,12H,2,7-9H2,1H3,(H,21,22)/t12-/m0/s1. The summed E-state index contributed by atoms with van der Waals surface area (Å²) in [5.41, 5.74) is -0.739. The number of nitrogens with one attached hydrogen (secondary N) is 1. The van der Waals surface area contributed by atoms with E-state index in [1.54, 1.807) is 0 Å². The Labute approximate surface area is 127 Å². The molecule has 0 unspecified atom stereocenters. The van der Waals surface area contributed by atoms with E-state index in [1.165, 1.54) is 12.1 Å². The minimum atomic E-state index is -4.36. The van der Waals surface area contributed by atoms with E-state index in [-0.39, 0.29) is 11.8 Å². The first-order chi connectivity index (χ1) is 10.3. The van der Waals surface area contributed by atoms with Gasteiger partial charge < -0.3 is 5.32 Å². The summed E-state index contributed by atoms with van der Waals surface area (Å²) in [6.07, 6.45) is -2.11. The Morgan fingerprint density at radius 2 is 1.95 bits per heavy atom. The number of benzene rings is 1. The molecule has 1 amide bonds. The second-order valence-electron chi connectivity index (χ2n) is 5.69. The molecule has 0 aromatic heterocycles. The predicted molar refractivity (Wildman–Crippen MR) is 74.6 cm³/mol.